The van der Waals surface area contributed by atoms with E-state index in [0.29, 0.717) is 17.4 Å². The van der Waals surface area contributed by atoms with Crippen LogP contribution >= 0.6 is 0 Å². The third-order valence-electron chi connectivity index (χ3n) is 7.48. The topological polar surface area (TPSA) is 55.8 Å². The summed E-state index contributed by atoms with van der Waals surface area (Å²) in [5, 5.41) is 1.72. The van der Waals surface area contributed by atoms with E-state index in [9.17, 15) is 8.42 Å². The zero-order valence-electron chi connectivity index (χ0n) is 18.5. The molecule has 2 heterocycles. The standard InChI is InChI=1S/C28H23NO4S/c30-34(31,28-7-3-5-18-4-1-2-6-23(18)28)29-13-12-21-15-25(29)24-14-19(8-10-22(21)24)20-9-11-26-27(16-20)33-17-32-26/h1-11,14,16,21,25H,12-13,15,17H2/t21?,25-/m0/s1. The van der Waals surface area contributed by atoms with E-state index in [4.69, 9.17) is 9.47 Å². The number of piperidine rings is 1. The summed E-state index contributed by atoms with van der Waals surface area (Å²) in [6.07, 6.45) is 1.68. The van der Waals surface area contributed by atoms with Crippen LogP contribution in [0.5, 0.6) is 11.5 Å². The van der Waals surface area contributed by atoms with Crippen LogP contribution in [0.3, 0.4) is 0 Å². The van der Waals surface area contributed by atoms with Crippen molar-refractivity contribution in [3.8, 4) is 22.6 Å². The lowest BCUT2D eigenvalue weighted by Gasteiger charge is -2.33. The van der Waals surface area contributed by atoms with Crippen molar-refractivity contribution in [2.45, 2.75) is 29.7 Å². The fraction of sp³-hybridized carbons (Fsp3) is 0.214. The molecule has 1 unspecified atom stereocenters. The molecule has 7 rings (SSSR count). The third-order valence-corrected chi connectivity index (χ3v) is 9.45. The van der Waals surface area contributed by atoms with Gasteiger partial charge in [-0.1, -0.05) is 54.6 Å². The van der Waals surface area contributed by atoms with E-state index >= 15 is 0 Å². The Morgan fingerprint density at radius 2 is 1.59 bits per heavy atom. The van der Waals surface area contributed by atoms with E-state index < -0.39 is 10.0 Å². The first kappa shape index (κ1) is 20.1. The molecular weight excluding hydrogens is 446 g/mol. The van der Waals surface area contributed by atoms with E-state index in [0.717, 1.165) is 51.8 Å². The minimum Gasteiger partial charge on any atom is -0.454 e. The Labute approximate surface area is 198 Å². The van der Waals surface area contributed by atoms with Crippen LogP contribution in [-0.4, -0.2) is 26.1 Å². The summed E-state index contributed by atoms with van der Waals surface area (Å²) in [4.78, 5) is 0.393. The molecule has 34 heavy (non-hydrogen) atoms. The zero-order chi connectivity index (χ0) is 22.9. The van der Waals surface area contributed by atoms with Gasteiger partial charge in [-0.25, -0.2) is 8.42 Å². The van der Waals surface area contributed by atoms with Gasteiger partial charge in [-0.2, -0.15) is 4.31 Å². The minimum absolute atomic E-state index is 0.147. The SMILES string of the molecule is O=S(=O)(c1cccc2ccccc12)N1CCC2C[C@H]1c1cc(-c3ccc4c(c3)OCO4)ccc12. The molecule has 0 radical (unpaired) electrons. The summed E-state index contributed by atoms with van der Waals surface area (Å²) in [6.45, 7) is 0.780. The van der Waals surface area contributed by atoms with Crippen molar-refractivity contribution in [3.05, 3.63) is 90.0 Å². The van der Waals surface area contributed by atoms with E-state index in [-0.39, 0.29) is 12.8 Å². The lowest BCUT2D eigenvalue weighted by Crippen LogP contribution is -2.37. The van der Waals surface area contributed by atoms with Crippen LogP contribution in [0.25, 0.3) is 21.9 Å². The molecule has 0 spiro atoms. The van der Waals surface area contributed by atoms with Gasteiger partial charge in [0.15, 0.2) is 11.5 Å². The average molecular weight is 470 g/mol. The molecule has 0 N–H and O–H groups in total. The van der Waals surface area contributed by atoms with Gasteiger partial charge in [-0.15, -0.1) is 0 Å². The molecule has 0 aromatic heterocycles. The van der Waals surface area contributed by atoms with Crippen LogP contribution in [0.2, 0.25) is 0 Å². The summed E-state index contributed by atoms with van der Waals surface area (Å²) in [6, 6.07) is 25.5. The van der Waals surface area contributed by atoms with Crippen molar-refractivity contribution < 1.29 is 17.9 Å². The number of hydrogen-bond acceptors (Lipinski definition) is 4. The smallest absolute Gasteiger partial charge is 0.244 e. The molecule has 3 aliphatic rings. The van der Waals surface area contributed by atoms with Crippen LogP contribution in [-0.2, 0) is 10.0 Å². The van der Waals surface area contributed by atoms with Crippen LogP contribution in [0.1, 0.15) is 35.9 Å². The molecule has 1 aliphatic carbocycles. The fourth-order valence-corrected chi connectivity index (χ4v) is 7.68. The van der Waals surface area contributed by atoms with Gasteiger partial charge in [-0.3, -0.25) is 0 Å². The summed E-state index contributed by atoms with van der Waals surface area (Å²) in [5.74, 6) is 1.91. The highest BCUT2D eigenvalue weighted by Crippen LogP contribution is 2.52. The molecule has 4 aromatic carbocycles. The molecule has 5 nitrogen and oxygen atoms in total. The van der Waals surface area contributed by atoms with Crippen molar-refractivity contribution >= 4 is 20.8 Å². The highest BCUT2D eigenvalue weighted by molar-refractivity contribution is 7.89. The molecule has 4 aromatic rings. The van der Waals surface area contributed by atoms with Crippen LogP contribution < -0.4 is 9.47 Å². The Balaban J connectivity index is 1.31. The second kappa shape index (κ2) is 7.32. The van der Waals surface area contributed by atoms with E-state index in [1.54, 1.807) is 10.4 Å². The third kappa shape index (κ3) is 2.92. The van der Waals surface area contributed by atoms with Crippen LogP contribution in [0.4, 0.5) is 0 Å². The number of ether oxygens (including phenoxy) is 2. The molecule has 2 aliphatic heterocycles. The maximum Gasteiger partial charge on any atom is 0.244 e. The minimum atomic E-state index is -3.65. The number of hydrogen-bond donors (Lipinski definition) is 0. The normalized spacial score (nSPS) is 21.1. The number of sulfonamides is 1. The molecule has 170 valence electrons. The van der Waals surface area contributed by atoms with Crippen molar-refractivity contribution in [2.75, 3.05) is 13.3 Å². The van der Waals surface area contributed by atoms with Gasteiger partial charge in [0.2, 0.25) is 16.8 Å². The van der Waals surface area contributed by atoms with Gasteiger partial charge in [0.25, 0.3) is 0 Å². The molecule has 1 fully saturated rings. The van der Waals surface area contributed by atoms with Crippen molar-refractivity contribution in [1.82, 2.24) is 4.31 Å². The lowest BCUT2D eigenvalue weighted by molar-refractivity contribution is 0.174. The molecule has 6 heteroatoms. The monoisotopic (exact) mass is 469 g/mol. The molecular formula is C28H23NO4S. The molecule has 1 saturated heterocycles. The van der Waals surface area contributed by atoms with Crippen molar-refractivity contribution in [3.63, 3.8) is 0 Å². The average Bonchev–Trinajstić information content (AvgIpc) is 3.45. The maximum absolute atomic E-state index is 14.0. The lowest BCUT2D eigenvalue weighted by atomic mass is 9.95. The van der Waals surface area contributed by atoms with Crippen LogP contribution in [0.15, 0.2) is 83.8 Å². The number of benzene rings is 4. The first-order chi connectivity index (χ1) is 16.6. The van der Waals surface area contributed by atoms with Gasteiger partial charge in [0, 0.05) is 11.9 Å². The number of nitrogens with zero attached hydrogens (tertiary/aromatic N) is 1. The molecule has 0 saturated carbocycles. The second-order valence-electron chi connectivity index (χ2n) is 9.24. The Morgan fingerprint density at radius 3 is 2.53 bits per heavy atom. The van der Waals surface area contributed by atoms with Gasteiger partial charge in [0.1, 0.15) is 0 Å². The van der Waals surface area contributed by atoms with Gasteiger partial charge < -0.3 is 9.47 Å². The van der Waals surface area contributed by atoms with E-state index in [1.807, 2.05) is 54.6 Å². The predicted octanol–water partition coefficient (Wildman–Crippen LogP) is 5.86. The predicted molar refractivity (Wildman–Crippen MR) is 131 cm³/mol. The Kier molecular flexibility index (Phi) is 4.32. The van der Waals surface area contributed by atoms with Crippen LogP contribution in [0, 0.1) is 0 Å². The summed E-state index contributed by atoms with van der Waals surface area (Å²) >= 11 is 0. The molecule has 2 atom stereocenters. The number of fused-ring (bicyclic) bond motifs is 7. The highest BCUT2D eigenvalue weighted by Gasteiger charge is 2.44. The first-order valence-corrected chi connectivity index (χ1v) is 13.1. The Hall–Kier alpha value is -3.35. The highest BCUT2D eigenvalue weighted by atomic mass is 32.2. The fourth-order valence-electron chi connectivity index (χ4n) is 5.83. The second-order valence-corrected chi connectivity index (χ2v) is 11.1. The summed E-state index contributed by atoms with van der Waals surface area (Å²) in [7, 11) is -3.65. The van der Waals surface area contributed by atoms with E-state index in [2.05, 4.69) is 18.2 Å². The van der Waals surface area contributed by atoms with Gasteiger partial charge in [-0.05, 0) is 70.7 Å². The van der Waals surface area contributed by atoms with Crippen molar-refractivity contribution in [1.29, 1.82) is 0 Å². The maximum atomic E-state index is 14.0. The van der Waals surface area contributed by atoms with E-state index in [1.165, 1.54) is 5.56 Å². The van der Waals surface area contributed by atoms with Crippen molar-refractivity contribution in [2.24, 2.45) is 0 Å². The zero-order valence-corrected chi connectivity index (χ0v) is 19.3. The van der Waals surface area contributed by atoms with Gasteiger partial charge >= 0.3 is 0 Å². The molecule has 0 amide bonds. The van der Waals surface area contributed by atoms with Gasteiger partial charge in [0.05, 0.1) is 10.9 Å². The summed E-state index contributed by atoms with van der Waals surface area (Å²) in [5.41, 5.74) is 4.51. The molecule has 2 bridgehead atoms. The first-order valence-electron chi connectivity index (χ1n) is 11.6. The Morgan fingerprint density at radius 1 is 0.794 bits per heavy atom. The quantitative estimate of drug-likeness (QED) is 0.377. The number of rotatable bonds is 3. The Bertz CT molecular complexity index is 1560. The summed E-state index contributed by atoms with van der Waals surface area (Å²) < 4.78 is 40.7. The largest absolute Gasteiger partial charge is 0.454 e.